The maximum Gasteiger partial charge on any atom is 0.109 e. The monoisotopic (exact) mass is 240 g/mol. The van der Waals surface area contributed by atoms with Crippen LogP contribution < -0.4 is 5.32 Å². The molecule has 0 aliphatic carbocycles. The number of nitrogens with zero attached hydrogens (tertiary/aromatic N) is 1. The van der Waals surface area contributed by atoms with E-state index in [0.29, 0.717) is 12.1 Å². The molecule has 4 heteroatoms. The molecule has 0 spiro atoms. The van der Waals surface area contributed by atoms with Gasteiger partial charge in [0.2, 0.25) is 0 Å². The molecule has 2 heterocycles. The predicted molar refractivity (Wildman–Crippen MR) is 66.7 cm³/mol. The number of hydrogen-bond acceptors (Lipinski definition) is 4. The number of nitrogens with one attached hydrogen (secondary N) is 1. The van der Waals surface area contributed by atoms with Crippen LogP contribution in [0.25, 0.3) is 0 Å². The number of hydrogen-bond donors (Lipinski definition) is 1. The van der Waals surface area contributed by atoms with Gasteiger partial charge in [0.1, 0.15) is 5.01 Å². The van der Waals surface area contributed by atoms with Gasteiger partial charge in [-0.3, -0.25) is 0 Å². The molecule has 1 fully saturated rings. The zero-order valence-corrected chi connectivity index (χ0v) is 11.0. The first-order chi connectivity index (χ1) is 7.57. The molecule has 0 bridgehead atoms. The molecule has 1 saturated heterocycles. The number of rotatable bonds is 3. The standard InChI is InChI=1S/C12H20N2OS/c1-9(11-13-5-7-16-11)14-10-4-6-15-12(2,3)8-10/h5,7,9-10,14H,4,6,8H2,1-3H3. The van der Waals surface area contributed by atoms with Gasteiger partial charge in [-0.2, -0.15) is 0 Å². The Balaban J connectivity index is 1.90. The quantitative estimate of drug-likeness (QED) is 0.882. The van der Waals surface area contributed by atoms with Gasteiger partial charge in [0, 0.05) is 24.2 Å². The first kappa shape index (κ1) is 12.0. The van der Waals surface area contributed by atoms with Crippen molar-refractivity contribution in [2.45, 2.75) is 51.3 Å². The molecule has 1 N–H and O–H groups in total. The fraction of sp³-hybridized carbons (Fsp3) is 0.750. The summed E-state index contributed by atoms with van der Waals surface area (Å²) < 4.78 is 5.71. The topological polar surface area (TPSA) is 34.1 Å². The molecule has 2 rings (SSSR count). The zero-order valence-electron chi connectivity index (χ0n) is 10.2. The van der Waals surface area contributed by atoms with E-state index in [0.717, 1.165) is 19.4 Å². The van der Waals surface area contributed by atoms with Gasteiger partial charge >= 0.3 is 0 Å². The molecule has 0 amide bonds. The van der Waals surface area contributed by atoms with Crippen LogP contribution in [0, 0.1) is 0 Å². The first-order valence-electron chi connectivity index (χ1n) is 5.86. The zero-order chi connectivity index (χ0) is 11.6. The van der Waals surface area contributed by atoms with Crippen molar-refractivity contribution in [3.63, 3.8) is 0 Å². The second-order valence-corrected chi connectivity index (χ2v) is 5.98. The van der Waals surface area contributed by atoms with E-state index in [-0.39, 0.29) is 5.60 Å². The molecule has 90 valence electrons. The van der Waals surface area contributed by atoms with Crippen molar-refractivity contribution < 1.29 is 4.74 Å². The highest BCUT2D eigenvalue weighted by atomic mass is 32.1. The van der Waals surface area contributed by atoms with E-state index in [1.807, 2.05) is 11.6 Å². The third-order valence-electron chi connectivity index (χ3n) is 3.00. The highest BCUT2D eigenvalue weighted by molar-refractivity contribution is 7.09. The predicted octanol–water partition coefficient (Wildman–Crippen LogP) is 2.75. The van der Waals surface area contributed by atoms with Gasteiger partial charge in [-0.05, 0) is 33.6 Å². The van der Waals surface area contributed by atoms with E-state index in [9.17, 15) is 0 Å². The average Bonchev–Trinajstić information content (AvgIpc) is 2.68. The molecule has 1 aromatic rings. The number of ether oxygens (including phenoxy) is 1. The van der Waals surface area contributed by atoms with Gasteiger partial charge < -0.3 is 10.1 Å². The van der Waals surface area contributed by atoms with Gasteiger partial charge in [-0.25, -0.2) is 4.98 Å². The van der Waals surface area contributed by atoms with E-state index >= 15 is 0 Å². The van der Waals surface area contributed by atoms with E-state index < -0.39 is 0 Å². The second-order valence-electron chi connectivity index (χ2n) is 5.06. The highest BCUT2D eigenvalue weighted by Crippen LogP contribution is 2.26. The van der Waals surface area contributed by atoms with Crippen LogP contribution in [0.2, 0.25) is 0 Å². The smallest absolute Gasteiger partial charge is 0.109 e. The molecule has 0 saturated carbocycles. The van der Waals surface area contributed by atoms with E-state index in [4.69, 9.17) is 4.74 Å². The fourth-order valence-corrected chi connectivity index (χ4v) is 2.90. The Kier molecular flexibility index (Phi) is 3.62. The molecule has 0 radical (unpaired) electrons. The van der Waals surface area contributed by atoms with Gasteiger partial charge in [0.25, 0.3) is 0 Å². The van der Waals surface area contributed by atoms with Crippen molar-refractivity contribution in [1.82, 2.24) is 10.3 Å². The summed E-state index contributed by atoms with van der Waals surface area (Å²) in [4.78, 5) is 4.34. The Labute approximate surface area is 101 Å². The third kappa shape index (κ3) is 3.03. The SMILES string of the molecule is CC(NC1CCOC(C)(C)C1)c1nccs1. The molecular weight excluding hydrogens is 220 g/mol. The maximum atomic E-state index is 5.71. The minimum absolute atomic E-state index is 0.0124. The van der Waals surface area contributed by atoms with Gasteiger partial charge in [-0.15, -0.1) is 11.3 Å². The minimum Gasteiger partial charge on any atom is -0.375 e. The van der Waals surface area contributed by atoms with E-state index in [1.165, 1.54) is 5.01 Å². The van der Waals surface area contributed by atoms with Crippen LogP contribution in [-0.2, 0) is 4.74 Å². The van der Waals surface area contributed by atoms with Crippen molar-refractivity contribution in [2.24, 2.45) is 0 Å². The third-order valence-corrected chi connectivity index (χ3v) is 3.96. The highest BCUT2D eigenvalue weighted by Gasteiger charge is 2.29. The van der Waals surface area contributed by atoms with Gasteiger partial charge in [-0.1, -0.05) is 0 Å². The molecular formula is C12H20N2OS. The van der Waals surface area contributed by atoms with Crippen LogP contribution >= 0.6 is 11.3 Å². The lowest BCUT2D eigenvalue weighted by Gasteiger charge is -2.37. The first-order valence-corrected chi connectivity index (χ1v) is 6.74. The normalized spacial score (nSPS) is 26.6. The van der Waals surface area contributed by atoms with Crippen molar-refractivity contribution in [2.75, 3.05) is 6.61 Å². The summed E-state index contributed by atoms with van der Waals surface area (Å²) in [5, 5.41) is 6.84. The molecule has 16 heavy (non-hydrogen) atoms. The van der Waals surface area contributed by atoms with Gasteiger partial charge in [0.15, 0.2) is 0 Å². The summed E-state index contributed by atoms with van der Waals surface area (Å²) in [5.41, 5.74) is 0.0124. The Morgan fingerprint density at radius 3 is 3.06 bits per heavy atom. The van der Waals surface area contributed by atoms with Gasteiger partial charge in [0.05, 0.1) is 11.6 Å². The summed E-state index contributed by atoms with van der Waals surface area (Å²) in [7, 11) is 0. The summed E-state index contributed by atoms with van der Waals surface area (Å²) >= 11 is 1.71. The molecule has 1 aromatic heterocycles. The summed E-state index contributed by atoms with van der Waals surface area (Å²) in [6.07, 6.45) is 4.04. The minimum atomic E-state index is 0.0124. The summed E-state index contributed by atoms with van der Waals surface area (Å²) in [6, 6.07) is 0.890. The van der Waals surface area contributed by atoms with E-state index in [1.54, 1.807) is 11.3 Å². The molecule has 1 aliphatic rings. The summed E-state index contributed by atoms with van der Waals surface area (Å²) in [5.74, 6) is 0. The maximum absolute atomic E-state index is 5.71. The largest absolute Gasteiger partial charge is 0.375 e. The second kappa shape index (κ2) is 4.82. The van der Waals surface area contributed by atoms with Crippen molar-refractivity contribution >= 4 is 11.3 Å². The average molecular weight is 240 g/mol. The lowest BCUT2D eigenvalue weighted by molar-refractivity contribution is -0.0639. The van der Waals surface area contributed by atoms with Crippen LogP contribution in [-0.4, -0.2) is 23.2 Å². The molecule has 0 aromatic carbocycles. The van der Waals surface area contributed by atoms with E-state index in [2.05, 4.69) is 31.1 Å². The van der Waals surface area contributed by atoms with Crippen LogP contribution in [0.4, 0.5) is 0 Å². The lowest BCUT2D eigenvalue weighted by atomic mass is 9.93. The van der Waals surface area contributed by atoms with Crippen LogP contribution in [0.1, 0.15) is 44.7 Å². The molecule has 3 nitrogen and oxygen atoms in total. The van der Waals surface area contributed by atoms with Crippen molar-refractivity contribution in [1.29, 1.82) is 0 Å². The molecule has 1 aliphatic heterocycles. The van der Waals surface area contributed by atoms with Crippen LogP contribution in [0.15, 0.2) is 11.6 Å². The number of thiazole rings is 1. The van der Waals surface area contributed by atoms with Crippen LogP contribution in [0.5, 0.6) is 0 Å². The Hall–Kier alpha value is -0.450. The molecule has 2 unspecified atom stereocenters. The van der Waals surface area contributed by atoms with Crippen molar-refractivity contribution in [3.8, 4) is 0 Å². The van der Waals surface area contributed by atoms with Crippen molar-refractivity contribution in [3.05, 3.63) is 16.6 Å². The Morgan fingerprint density at radius 1 is 1.62 bits per heavy atom. The lowest BCUT2D eigenvalue weighted by Crippen LogP contribution is -2.44. The summed E-state index contributed by atoms with van der Waals surface area (Å²) in [6.45, 7) is 7.36. The Morgan fingerprint density at radius 2 is 2.44 bits per heavy atom. The van der Waals surface area contributed by atoms with Crippen LogP contribution in [0.3, 0.4) is 0 Å². The fourth-order valence-electron chi connectivity index (χ4n) is 2.25. The Bertz CT molecular complexity index is 324. The molecule has 2 atom stereocenters. The number of aromatic nitrogens is 1.